The zero-order chi connectivity index (χ0) is 15.8. The van der Waals surface area contributed by atoms with Crippen molar-refractivity contribution >= 4 is 40.6 Å². The Labute approximate surface area is 136 Å². The number of nitrogens with two attached hydrogens (primary N) is 1. The second-order valence-corrected chi connectivity index (χ2v) is 6.41. The molecule has 0 unspecified atom stereocenters. The highest BCUT2D eigenvalue weighted by atomic mass is 32.2. The average molecular weight is 326 g/mol. The molecule has 0 aromatic heterocycles. The fourth-order valence-electron chi connectivity index (χ4n) is 1.82. The molecule has 1 aromatic rings. The van der Waals surface area contributed by atoms with Gasteiger partial charge in [-0.3, -0.25) is 4.79 Å². The second kappa shape index (κ2) is 8.89. The van der Waals surface area contributed by atoms with Crippen molar-refractivity contribution < 1.29 is 4.79 Å². The van der Waals surface area contributed by atoms with Crippen molar-refractivity contribution in [1.29, 1.82) is 0 Å². The van der Waals surface area contributed by atoms with Gasteiger partial charge in [-0.15, -0.1) is 11.8 Å². The highest BCUT2D eigenvalue weighted by molar-refractivity contribution is 7.98. The van der Waals surface area contributed by atoms with Gasteiger partial charge in [0.1, 0.15) is 4.99 Å². The maximum atomic E-state index is 11.7. The molecule has 21 heavy (non-hydrogen) atoms. The van der Waals surface area contributed by atoms with Crippen molar-refractivity contribution in [2.45, 2.75) is 25.2 Å². The molecule has 0 heterocycles. The van der Waals surface area contributed by atoms with Gasteiger partial charge in [-0.1, -0.05) is 32.1 Å². The van der Waals surface area contributed by atoms with Gasteiger partial charge in [0, 0.05) is 35.7 Å². The van der Waals surface area contributed by atoms with E-state index in [0.29, 0.717) is 30.4 Å². The Bertz CT molecular complexity index is 504. The lowest BCUT2D eigenvalue weighted by Crippen LogP contribution is -2.28. The van der Waals surface area contributed by atoms with E-state index in [1.165, 1.54) is 0 Å². The molecule has 1 rings (SSSR count). The fraction of sp³-hybridized carbons (Fsp3) is 0.467. The van der Waals surface area contributed by atoms with Crippen LogP contribution in [0.2, 0.25) is 0 Å². The quantitative estimate of drug-likeness (QED) is 0.506. The van der Waals surface area contributed by atoms with E-state index in [0.717, 1.165) is 16.1 Å². The van der Waals surface area contributed by atoms with Crippen molar-refractivity contribution in [3.63, 3.8) is 0 Å². The van der Waals surface area contributed by atoms with Crippen LogP contribution in [0.3, 0.4) is 0 Å². The summed E-state index contributed by atoms with van der Waals surface area (Å²) in [4.78, 5) is 13.1. The molecule has 0 fully saturated rings. The van der Waals surface area contributed by atoms with Crippen LogP contribution in [-0.4, -0.2) is 30.2 Å². The van der Waals surface area contributed by atoms with Crippen LogP contribution in [0.25, 0.3) is 0 Å². The van der Waals surface area contributed by atoms with Gasteiger partial charge < -0.3 is 16.4 Å². The summed E-state index contributed by atoms with van der Waals surface area (Å²) in [6, 6.07) is 5.87. The first-order valence-electron chi connectivity index (χ1n) is 6.93. The summed E-state index contributed by atoms with van der Waals surface area (Å²) >= 11 is 6.72. The first kappa shape index (κ1) is 17.8. The van der Waals surface area contributed by atoms with Crippen molar-refractivity contribution in [2.75, 3.05) is 24.7 Å². The minimum atomic E-state index is 0.0501. The number of hydrogen-bond donors (Lipinski definition) is 3. The van der Waals surface area contributed by atoms with E-state index in [2.05, 4.69) is 24.5 Å². The van der Waals surface area contributed by atoms with E-state index in [1.54, 1.807) is 11.8 Å². The number of amides is 1. The topological polar surface area (TPSA) is 67.2 Å². The van der Waals surface area contributed by atoms with Gasteiger partial charge >= 0.3 is 0 Å². The molecule has 1 amide bonds. The normalized spacial score (nSPS) is 10.5. The molecule has 0 aliphatic carbocycles. The third kappa shape index (κ3) is 5.93. The van der Waals surface area contributed by atoms with Crippen LogP contribution in [-0.2, 0) is 4.79 Å². The lowest BCUT2D eigenvalue weighted by Gasteiger charge is -2.14. The molecule has 0 spiro atoms. The van der Waals surface area contributed by atoms with Gasteiger partial charge in [0.15, 0.2) is 0 Å². The molecule has 0 aliphatic heterocycles. The summed E-state index contributed by atoms with van der Waals surface area (Å²) < 4.78 is 0. The molecule has 4 N–H and O–H groups in total. The summed E-state index contributed by atoms with van der Waals surface area (Å²) in [6.07, 6.45) is 2.41. The Hall–Kier alpha value is -1.27. The molecule has 6 heteroatoms. The van der Waals surface area contributed by atoms with E-state index in [9.17, 15) is 4.79 Å². The molecular weight excluding hydrogens is 302 g/mol. The number of benzene rings is 1. The molecule has 116 valence electrons. The highest BCUT2D eigenvalue weighted by Crippen LogP contribution is 2.27. The zero-order valence-electron chi connectivity index (χ0n) is 12.7. The molecule has 0 radical (unpaired) electrons. The van der Waals surface area contributed by atoms with E-state index < -0.39 is 0 Å². The Morgan fingerprint density at radius 2 is 2.14 bits per heavy atom. The number of rotatable bonds is 8. The minimum absolute atomic E-state index is 0.0501. The van der Waals surface area contributed by atoms with Crippen LogP contribution in [0.5, 0.6) is 0 Å². The fourth-order valence-corrected chi connectivity index (χ4v) is 2.74. The van der Waals surface area contributed by atoms with Crippen LogP contribution in [0.1, 0.15) is 25.8 Å². The van der Waals surface area contributed by atoms with Crippen molar-refractivity contribution in [3.8, 4) is 0 Å². The van der Waals surface area contributed by atoms with Crippen molar-refractivity contribution in [2.24, 2.45) is 11.7 Å². The molecule has 0 saturated carbocycles. The Balaban J connectivity index is 2.60. The summed E-state index contributed by atoms with van der Waals surface area (Å²) in [6.45, 7) is 5.40. The van der Waals surface area contributed by atoms with E-state index in [1.807, 2.05) is 24.5 Å². The molecular formula is C15H23N3OS2. The van der Waals surface area contributed by atoms with Gasteiger partial charge in [-0.25, -0.2) is 0 Å². The SMILES string of the molecule is CSc1cccc(NCCC(=O)NCC(C)C)c1C(N)=S. The molecule has 0 atom stereocenters. The third-order valence-corrected chi connectivity index (χ3v) is 3.85. The molecule has 0 aliphatic rings. The number of carbonyl (C=O) groups is 1. The predicted molar refractivity (Wildman–Crippen MR) is 95.1 cm³/mol. The summed E-state index contributed by atoms with van der Waals surface area (Å²) in [5, 5.41) is 6.14. The average Bonchev–Trinajstić information content (AvgIpc) is 2.44. The van der Waals surface area contributed by atoms with Gasteiger partial charge in [-0.05, 0) is 24.3 Å². The van der Waals surface area contributed by atoms with Crippen LogP contribution in [0.15, 0.2) is 23.1 Å². The van der Waals surface area contributed by atoms with Crippen LogP contribution >= 0.6 is 24.0 Å². The number of carbonyl (C=O) groups excluding carboxylic acids is 1. The van der Waals surface area contributed by atoms with E-state index in [-0.39, 0.29) is 5.91 Å². The molecule has 1 aromatic carbocycles. The maximum absolute atomic E-state index is 11.7. The van der Waals surface area contributed by atoms with E-state index >= 15 is 0 Å². The first-order chi connectivity index (χ1) is 9.95. The second-order valence-electron chi connectivity index (χ2n) is 5.12. The molecule has 0 saturated heterocycles. The number of thioether (sulfide) groups is 1. The van der Waals surface area contributed by atoms with Gasteiger partial charge in [-0.2, -0.15) is 0 Å². The Morgan fingerprint density at radius 3 is 2.71 bits per heavy atom. The number of thiocarbonyl (C=S) groups is 1. The Kier molecular flexibility index (Phi) is 7.53. The van der Waals surface area contributed by atoms with E-state index in [4.69, 9.17) is 18.0 Å². The van der Waals surface area contributed by atoms with Crippen LogP contribution < -0.4 is 16.4 Å². The standard InChI is InChI=1S/C15H23N3OS2/c1-10(2)9-18-13(19)7-8-17-11-5-4-6-12(21-3)14(11)15(16)20/h4-6,10,17H,7-9H2,1-3H3,(H2,16,20)(H,18,19). The monoisotopic (exact) mass is 325 g/mol. The molecule has 4 nitrogen and oxygen atoms in total. The molecule has 0 bridgehead atoms. The van der Waals surface area contributed by atoms with Crippen molar-refractivity contribution in [1.82, 2.24) is 5.32 Å². The summed E-state index contributed by atoms with van der Waals surface area (Å²) in [5.41, 5.74) is 7.53. The van der Waals surface area contributed by atoms with Crippen LogP contribution in [0.4, 0.5) is 5.69 Å². The number of hydrogen-bond acceptors (Lipinski definition) is 4. The highest BCUT2D eigenvalue weighted by Gasteiger charge is 2.10. The summed E-state index contributed by atoms with van der Waals surface area (Å²) in [7, 11) is 0. The van der Waals surface area contributed by atoms with Gasteiger partial charge in [0.2, 0.25) is 5.91 Å². The van der Waals surface area contributed by atoms with Crippen molar-refractivity contribution in [3.05, 3.63) is 23.8 Å². The van der Waals surface area contributed by atoms with Gasteiger partial charge in [0.25, 0.3) is 0 Å². The Morgan fingerprint density at radius 1 is 1.43 bits per heavy atom. The minimum Gasteiger partial charge on any atom is -0.389 e. The zero-order valence-corrected chi connectivity index (χ0v) is 14.4. The predicted octanol–water partition coefficient (Wildman–Crippen LogP) is 2.62. The maximum Gasteiger partial charge on any atom is 0.221 e. The lowest BCUT2D eigenvalue weighted by atomic mass is 10.1. The lowest BCUT2D eigenvalue weighted by molar-refractivity contribution is -0.120. The van der Waals surface area contributed by atoms with Crippen LogP contribution in [0, 0.1) is 5.92 Å². The third-order valence-electron chi connectivity index (χ3n) is 2.87. The number of nitrogens with one attached hydrogen (secondary N) is 2. The number of anilines is 1. The summed E-state index contributed by atoms with van der Waals surface area (Å²) in [5.74, 6) is 0.510. The smallest absolute Gasteiger partial charge is 0.221 e. The first-order valence-corrected chi connectivity index (χ1v) is 8.56. The van der Waals surface area contributed by atoms with Gasteiger partial charge in [0.05, 0.1) is 0 Å². The largest absolute Gasteiger partial charge is 0.389 e.